The summed E-state index contributed by atoms with van der Waals surface area (Å²) in [5, 5.41) is 11.0. The van der Waals surface area contributed by atoms with Gasteiger partial charge in [-0.15, -0.1) is 0 Å². The van der Waals surface area contributed by atoms with Gasteiger partial charge in [0.05, 0.1) is 5.56 Å². The number of carbonyl (C=O) groups excluding carboxylic acids is 2. The average Bonchev–Trinajstić information content (AvgIpc) is 2.50. The molecule has 112 valence electrons. The van der Waals surface area contributed by atoms with E-state index in [4.69, 9.17) is 5.11 Å². The summed E-state index contributed by atoms with van der Waals surface area (Å²) in [6.07, 6.45) is 0.182. The molecule has 2 N–H and O–H groups in total. The number of halogens is 1. The lowest BCUT2D eigenvalue weighted by Crippen LogP contribution is -2.31. The van der Waals surface area contributed by atoms with Gasteiger partial charge in [-0.1, -0.05) is 11.8 Å². The summed E-state index contributed by atoms with van der Waals surface area (Å²) in [7, 11) is 3.06. The van der Waals surface area contributed by atoms with E-state index in [2.05, 4.69) is 17.2 Å². The number of aliphatic hydroxyl groups is 1. The Labute approximate surface area is 122 Å². The van der Waals surface area contributed by atoms with Gasteiger partial charge in [-0.3, -0.25) is 9.59 Å². The van der Waals surface area contributed by atoms with Crippen LogP contribution in [-0.4, -0.2) is 49.1 Å². The fraction of sp³-hybridized carbons (Fsp3) is 0.333. The van der Waals surface area contributed by atoms with Crippen LogP contribution in [-0.2, 0) is 4.79 Å². The lowest BCUT2D eigenvalue weighted by Gasteiger charge is -2.16. The molecule has 21 heavy (non-hydrogen) atoms. The molecule has 2 amide bonds. The van der Waals surface area contributed by atoms with E-state index in [1.807, 2.05) is 0 Å². The van der Waals surface area contributed by atoms with E-state index in [0.29, 0.717) is 0 Å². The summed E-state index contributed by atoms with van der Waals surface area (Å²) in [6, 6.07) is 3.95. The summed E-state index contributed by atoms with van der Waals surface area (Å²) >= 11 is 0. The molecule has 0 aliphatic rings. The number of rotatable bonds is 4. The van der Waals surface area contributed by atoms with Crippen LogP contribution in [0.15, 0.2) is 18.2 Å². The third kappa shape index (κ3) is 4.89. The van der Waals surface area contributed by atoms with Crippen LogP contribution in [0.25, 0.3) is 0 Å². The summed E-state index contributed by atoms with van der Waals surface area (Å²) in [5.41, 5.74) is 0.301. The molecule has 1 aromatic carbocycles. The second kappa shape index (κ2) is 8.02. The monoisotopic (exact) mass is 292 g/mol. The molecule has 0 saturated carbocycles. The first-order chi connectivity index (χ1) is 9.99. The first-order valence-corrected chi connectivity index (χ1v) is 6.35. The highest BCUT2D eigenvalue weighted by Gasteiger charge is 2.14. The maximum absolute atomic E-state index is 13.7. The normalized spacial score (nSPS) is 9.52. The van der Waals surface area contributed by atoms with Crippen molar-refractivity contribution >= 4 is 11.8 Å². The van der Waals surface area contributed by atoms with Crippen LogP contribution in [0.3, 0.4) is 0 Å². The quantitative estimate of drug-likeness (QED) is 0.788. The molecular weight excluding hydrogens is 275 g/mol. The molecule has 0 saturated heterocycles. The van der Waals surface area contributed by atoms with Crippen molar-refractivity contribution in [2.75, 3.05) is 27.2 Å². The van der Waals surface area contributed by atoms with E-state index in [1.165, 1.54) is 24.1 Å². The molecule has 0 aromatic heterocycles. The average molecular weight is 292 g/mol. The molecule has 0 atom stereocenters. The largest absolute Gasteiger partial charge is 0.384 e. The van der Waals surface area contributed by atoms with Crippen LogP contribution >= 0.6 is 0 Å². The molecule has 0 heterocycles. The van der Waals surface area contributed by atoms with Gasteiger partial charge in [0.1, 0.15) is 12.4 Å². The highest BCUT2D eigenvalue weighted by Crippen LogP contribution is 2.11. The predicted molar refractivity (Wildman–Crippen MR) is 76.0 cm³/mol. The number of hydrogen-bond acceptors (Lipinski definition) is 3. The Balaban J connectivity index is 2.78. The summed E-state index contributed by atoms with van der Waals surface area (Å²) in [4.78, 5) is 24.6. The Morgan fingerprint density at radius 3 is 2.71 bits per heavy atom. The molecule has 1 aromatic rings. The van der Waals surface area contributed by atoms with Crippen molar-refractivity contribution in [1.29, 1.82) is 0 Å². The van der Waals surface area contributed by atoms with Crippen LogP contribution in [0.4, 0.5) is 4.39 Å². The van der Waals surface area contributed by atoms with Crippen LogP contribution in [0, 0.1) is 17.7 Å². The van der Waals surface area contributed by atoms with Gasteiger partial charge in [-0.2, -0.15) is 0 Å². The van der Waals surface area contributed by atoms with Crippen molar-refractivity contribution in [3.05, 3.63) is 35.1 Å². The van der Waals surface area contributed by atoms with Gasteiger partial charge in [-0.05, 0) is 18.2 Å². The van der Waals surface area contributed by atoms with Gasteiger partial charge >= 0.3 is 0 Å². The smallest absolute Gasteiger partial charge is 0.253 e. The third-order valence-corrected chi connectivity index (χ3v) is 2.82. The molecule has 0 fully saturated rings. The molecule has 5 nitrogen and oxygen atoms in total. The molecule has 0 aliphatic heterocycles. The highest BCUT2D eigenvalue weighted by atomic mass is 19.1. The van der Waals surface area contributed by atoms with Crippen molar-refractivity contribution in [3.63, 3.8) is 0 Å². The van der Waals surface area contributed by atoms with Crippen molar-refractivity contribution in [1.82, 2.24) is 10.2 Å². The lowest BCUT2D eigenvalue weighted by molar-refractivity contribution is -0.120. The number of hydrogen-bond donors (Lipinski definition) is 2. The van der Waals surface area contributed by atoms with E-state index < -0.39 is 5.82 Å². The lowest BCUT2D eigenvalue weighted by atomic mass is 10.1. The van der Waals surface area contributed by atoms with E-state index in [-0.39, 0.29) is 42.5 Å². The maximum Gasteiger partial charge on any atom is 0.253 e. The van der Waals surface area contributed by atoms with Crippen molar-refractivity contribution in [2.45, 2.75) is 6.42 Å². The molecule has 0 spiro atoms. The number of amides is 2. The highest BCUT2D eigenvalue weighted by molar-refractivity contribution is 5.94. The Morgan fingerprint density at radius 2 is 2.14 bits per heavy atom. The number of aliphatic hydroxyl groups excluding tert-OH is 1. The summed E-state index contributed by atoms with van der Waals surface area (Å²) in [6.45, 7) is -0.117. The van der Waals surface area contributed by atoms with Crippen LogP contribution in [0.2, 0.25) is 0 Å². The van der Waals surface area contributed by atoms with Crippen molar-refractivity contribution in [3.8, 4) is 11.8 Å². The maximum atomic E-state index is 13.7. The Morgan fingerprint density at radius 1 is 1.43 bits per heavy atom. The van der Waals surface area contributed by atoms with Crippen LogP contribution in [0.5, 0.6) is 0 Å². The zero-order valence-corrected chi connectivity index (χ0v) is 11.9. The standard InChI is InChI=1S/C15H17FN2O3/c1-17-14(20)7-8-18(2)15(21)12-6-5-11(4-3-9-19)13(16)10-12/h5-6,10,19H,7-9H2,1-2H3,(H,17,20). The molecule has 0 radical (unpaired) electrons. The predicted octanol–water partition coefficient (Wildman–Crippen LogP) is 0.378. The fourth-order valence-corrected chi connectivity index (χ4v) is 1.60. The first kappa shape index (κ1) is 16.7. The SMILES string of the molecule is CNC(=O)CCN(C)C(=O)c1ccc(C#CCO)c(F)c1. The number of nitrogens with zero attached hydrogens (tertiary/aromatic N) is 1. The Bertz CT molecular complexity index is 590. The second-order valence-corrected chi connectivity index (χ2v) is 4.30. The van der Waals surface area contributed by atoms with E-state index >= 15 is 0 Å². The minimum Gasteiger partial charge on any atom is -0.384 e. The Kier molecular flexibility index (Phi) is 6.37. The third-order valence-electron chi connectivity index (χ3n) is 2.82. The minimum atomic E-state index is -0.624. The molecule has 0 unspecified atom stereocenters. The zero-order chi connectivity index (χ0) is 15.8. The molecule has 0 aliphatic carbocycles. The van der Waals surface area contributed by atoms with Gasteiger partial charge in [0.15, 0.2) is 0 Å². The number of carbonyl (C=O) groups is 2. The summed E-state index contributed by atoms with van der Waals surface area (Å²) < 4.78 is 13.7. The molecular formula is C15H17FN2O3. The number of nitrogens with one attached hydrogen (secondary N) is 1. The molecule has 0 bridgehead atoms. The van der Waals surface area contributed by atoms with Crippen molar-refractivity contribution in [2.24, 2.45) is 0 Å². The van der Waals surface area contributed by atoms with E-state index in [9.17, 15) is 14.0 Å². The van der Waals surface area contributed by atoms with E-state index in [1.54, 1.807) is 7.05 Å². The minimum absolute atomic E-state index is 0.119. The van der Waals surface area contributed by atoms with Gasteiger partial charge in [-0.25, -0.2) is 4.39 Å². The van der Waals surface area contributed by atoms with E-state index in [0.717, 1.165) is 6.07 Å². The van der Waals surface area contributed by atoms with Gasteiger partial charge in [0.25, 0.3) is 5.91 Å². The molecule has 6 heteroatoms. The summed E-state index contributed by atoms with van der Waals surface area (Å²) in [5.74, 6) is 3.62. The fourth-order valence-electron chi connectivity index (χ4n) is 1.60. The van der Waals surface area contributed by atoms with Gasteiger partial charge in [0, 0.05) is 32.6 Å². The Hall–Kier alpha value is -2.39. The first-order valence-electron chi connectivity index (χ1n) is 6.35. The zero-order valence-electron chi connectivity index (χ0n) is 11.9. The second-order valence-electron chi connectivity index (χ2n) is 4.30. The molecule has 1 rings (SSSR count). The number of benzene rings is 1. The van der Waals surface area contributed by atoms with Crippen LogP contribution in [0.1, 0.15) is 22.3 Å². The van der Waals surface area contributed by atoms with Gasteiger partial charge in [0.2, 0.25) is 5.91 Å². The van der Waals surface area contributed by atoms with Crippen LogP contribution < -0.4 is 5.32 Å². The topological polar surface area (TPSA) is 69.6 Å². The van der Waals surface area contributed by atoms with Crippen molar-refractivity contribution < 1.29 is 19.1 Å². The van der Waals surface area contributed by atoms with Gasteiger partial charge < -0.3 is 15.3 Å².